The van der Waals surface area contributed by atoms with Gasteiger partial charge in [0, 0.05) is 13.0 Å². The number of hydrogen-bond donors (Lipinski definition) is 1. The summed E-state index contributed by atoms with van der Waals surface area (Å²) < 4.78 is 5.33. The van der Waals surface area contributed by atoms with Crippen LogP contribution in [0.4, 0.5) is 0 Å². The first kappa shape index (κ1) is 17.1. The van der Waals surface area contributed by atoms with Crippen molar-refractivity contribution >= 4 is 5.91 Å². The van der Waals surface area contributed by atoms with Gasteiger partial charge >= 0.3 is 0 Å². The summed E-state index contributed by atoms with van der Waals surface area (Å²) in [6, 6.07) is 18.1. The largest absolute Gasteiger partial charge is 0.496 e. The Bertz CT molecular complexity index is 635. The van der Waals surface area contributed by atoms with Gasteiger partial charge in [0.1, 0.15) is 5.75 Å². The van der Waals surface area contributed by atoms with Gasteiger partial charge < -0.3 is 10.1 Å². The van der Waals surface area contributed by atoms with Crippen LogP contribution in [0.2, 0.25) is 0 Å². The summed E-state index contributed by atoms with van der Waals surface area (Å²) in [4.78, 5) is 12.2. The molecule has 122 valence electrons. The molecule has 0 radical (unpaired) electrons. The van der Waals surface area contributed by atoms with Gasteiger partial charge in [0.05, 0.1) is 7.11 Å². The maximum atomic E-state index is 12.2. The molecule has 3 heteroatoms. The molecule has 0 unspecified atom stereocenters. The lowest BCUT2D eigenvalue weighted by atomic mass is 9.81. The quantitative estimate of drug-likeness (QED) is 0.846. The van der Waals surface area contributed by atoms with Crippen molar-refractivity contribution in [1.29, 1.82) is 0 Å². The molecule has 0 atom stereocenters. The SMILES string of the molecule is COc1ccccc1CCNC(=O)CC(C)(C)c1ccccc1. The third-order valence-corrected chi connectivity index (χ3v) is 4.07. The smallest absolute Gasteiger partial charge is 0.220 e. The van der Waals surface area contributed by atoms with E-state index in [0.29, 0.717) is 13.0 Å². The van der Waals surface area contributed by atoms with E-state index in [1.54, 1.807) is 7.11 Å². The molecular formula is C20H25NO2. The molecule has 1 amide bonds. The molecule has 0 aliphatic heterocycles. The van der Waals surface area contributed by atoms with Gasteiger partial charge in [0.2, 0.25) is 5.91 Å². The van der Waals surface area contributed by atoms with E-state index in [4.69, 9.17) is 4.74 Å². The van der Waals surface area contributed by atoms with Crippen molar-refractivity contribution in [1.82, 2.24) is 5.32 Å². The van der Waals surface area contributed by atoms with E-state index in [2.05, 4.69) is 31.3 Å². The highest BCUT2D eigenvalue weighted by Gasteiger charge is 2.23. The molecule has 0 aliphatic rings. The molecule has 1 N–H and O–H groups in total. The Balaban J connectivity index is 1.86. The van der Waals surface area contributed by atoms with Gasteiger partial charge in [0.15, 0.2) is 0 Å². The third kappa shape index (κ3) is 4.85. The summed E-state index contributed by atoms with van der Waals surface area (Å²) in [6.07, 6.45) is 1.24. The van der Waals surface area contributed by atoms with E-state index in [1.165, 1.54) is 5.56 Å². The normalized spacial score (nSPS) is 11.1. The highest BCUT2D eigenvalue weighted by molar-refractivity contribution is 5.77. The Hall–Kier alpha value is -2.29. The van der Waals surface area contributed by atoms with Crippen LogP contribution in [-0.4, -0.2) is 19.6 Å². The molecule has 0 spiro atoms. The molecule has 23 heavy (non-hydrogen) atoms. The predicted molar refractivity (Wildman–Crippen MR) is 93.8 cm³/mol. The summed E-state index contributed by atoms with van der Waals surface area (Å²) in [5.41, 5.74) is 2.12. The van der Waals surface area contributed by atoms with Crippen LogP contribution in [0, 0.1) is 0 Å². The number of ether oxygens (including phenoxy) is 1. The highest BCUT2D eigenvalue weighted by Crippen LogP contribution is 2.26. The third-order valence-electron chi connectivity index (χ3n) is 4.07. The number of nitrogens with one attached hydrogen (secondary N) is 1. The molecule has 0 aliphatic carbocycles. The van der Waals surface area contributed by atoms with Gasteiger partial charge in [-0.2, -0.15) is 0 Å². The minimum atomic E-state index is -0.171. The molecule has 0 saturated carbocycles. The lowest BCUT2D eigenvalue weighted by Gasteiger charge is -2.24. The first-order valence-corrected chi connectivity index (χ1v) is 7.97. The van der Waals surface area contributed by atoms with Crippen LogP contribution >= 0.6 is 0 Å². The zero-order valence-electron chi connectivity index (χ0n) is 14.1. The molecule has 2 rings (SSSR count). The summed E-state index contributed by atoms with van der Waals surface area (Å²) in [7, 11) is 1.67. The topological polar surface area (TPSA) is 38.3 Å². The number of methoxy groups -OCH3 is 1. The minimum Gasteiger partial charge on any atom is -0.496 e. The van der Waals surface area contributed by atoms with Crippen molar-refractivity contribution in [2.24, 2.45) is 0 Å². The Kier molecular flexibility index (Phi) is 5.80. The van der Waals surface area contributed by atoms with Gasteiger partial charge in [-0.3, -0.25) is 4.79 Å². The Morgan fingerprint density at radius 1 is 1.04 bits per heavy atom. The Labute approximate surface area is 138 Å². The van der Waals surface area contributed by atoms with E-state index in [-0.39, 0.29) is 11.3 Å². The maximum absolute atomic E-state index is 12.2. The second-order valence-corrected chi connectivity index (χ2v) is 6.34. The van der Waals surface area contributed by atoms with Gasteiger partial charge in [-0.1, -0.05) is 62.4 Å². The van der Waals surface area contributed by atoms with Crippen LogP contribution in [0.3, 0.4) is 0 Å². The summed E-state index contributed by atoms with van der Waals surface area (Å²) in [5, 5.41) is 3.01. The number of para-hydroxylation sites is 1. The fourth-order valence-corrected chi connectivity index (χ4v) is 2.70. The van der Waals surface area contributed by atoms with Crippen LogP contribution in [0.25, 0.3) is 0 Å². The van der Waals surface area contributed by atoms with Crippen molar-refractivity contribution in [2.45, 2.75) is 32.1 Å². The predicted octanol–water partition coefficient (Wildman–Crippen LogP) is 3.72. The second-order valence-electron chi connectivity index (χ2n) is 6.34. The number of carbonyl (C=O) groups is 1. The summed E-state index contributed by atoms with van der Waals surface area (Å²) in [5.74, 6) is 0.945. The first-order chi connectivity index (χ1) is 11.0. The average molecular weight is 311 g/mol. The standard InChI is InChI=1S/C20H25NO2/c1-20(2,17-10-5-4-6-11-17)15-19(22)21-14-13-16-9-7-8-12-18(16)23-3/h4-12H,13-15H2,1-3H3,(H,21,22). The Morgan fingerprint density at radius 3 is 2.39 bits per heavy atom. The fraction of sp³-hybridized carbons (Fsp3) is 0.350. The van der Waals surface area contributed by atoms with Crippen LogP contribution in [0.5, 0.6) is 5.75 Å². The number of benzene rings is 2. The van der Waals surface area contributed by atoms with E-state index in [9.17, 15) is 4.79 Å². The van der Waals surface area contributed by atoms with E-state index >= 15 is 0 Å². The highest BCUT2D eigenvalue weighted by atomic mass is 16.5. The Morgan fingerprint density at radius 2 is 1.70 bits per heavy atom. The second kappa shape index (κ2) is 7.82. The molecule has 3 nitrogen and oxygen atoms in total. The van der Waals surface area contributed by atoms with Gasteiger partial charge in [0.25, 0.3) is 0 Å². The number of hydrogen-bond acceptors (Lipinski definition) is 2. The number of amides is 1. The van der Waals surface area contributed by atoms with E-state index < -0.39 is 0 Å². The van der Waals surface area contributed by atoms with Crippen molar-refractivity contribution in [3.8, 4) is 5.75 Å². The monoisotopic (exact) mass is 311 g/mol. The van der Waals surface area contributed by atoms with Crippen molar-refractivity contribution in [3.63, 3.8) is 0 Å². The maximum Gasteiger partial charge on any atom is 0.220 e. The van der Waals surface area contributed by atoms with Crippen molar-refractivity contribution < 1.29 is 9.53 Å². The molecule has 2 aromatic carbocycles. The van der Waals surface area contributed by atoms with Crippen molar-refractivity contribution in [3.05, 3.63) is 65.7 Å². The van der Waals surface area contributed by atoms with E-state index in [1.807, 2.05) is 42.5 Å². The zero-order valence-corrected chi connectivity index (χ0v) is 14.1. The molecular weight excluding hydrogens is 286 g/mol. The van der Waals surface area contributed by atoms with Crippen LogP contribution < -0.4 is 10.1 Å². The van der Waals surface area contributed by atoms with Crippen LogP contribution in [-0.2, 0) is 16.6 Å². The molecule has 2 aromatic rings. The lowest BCUT2D eigenvalue weighted by molar-refractivity contribution is -0.122. The summed E-state index contributed by atoms with van der Waals surface area (Å²) >= 11 is 0. The average Bonchev–Trinajstić information content (AvgIpc) is 2.55. The number of rotatable bonds is 7. The van der Waals surface area contributed by atoms with E-state index in [0.717, 1.165) is 17.7 Å². The van der Waals surface area contributed by atoms with Crippen LogP contribution in [0.15, 0.2) is 54.6 Å². The number of carbonyl (C=O) groups excluding carboxylic acids is 1. The van der Waals surface area contributed by atoms with Crippen molar-refractivity contribution in [2.75, 3.05) is 13.7 Å². The summed E-state index contributed by atoms with van der Waals surface area (Å²) in [6.45, 7) is 4.81. The molecule has 0 bridgehead atoms. The molecule has 0 aromatic heterocycles. The zero-order chi connectivity index (χ0) is 16.7. The molecule has 0 fully saturated rings. The minimum absolute atomic E-state index is 0.0775. The molecule has 0 saturated heterocycles. The van der Waals surface area contributed by atoms with Crippen LogP contribution in [0.1, 0.15) is 31.4 Å². The fourth-order valence-electron chi connectivity index (χ4n) is 2.70. The molecule has 0 heterocycles. The van der Waals surface area contributed by atoms with Gasteiger partial charge in [-0.05, 0) is 29.0 Å². The lowest BCUT2D eigenvalue weighted by Crippen LogP contribution is -2.32. The van der Waals surface area contributed by atoms with Gasteiger partial charge in [-0.25, -0.2) is 0 Å². The first-order valence-electron chi connectivity index (χ1n) is 7.97. The van der Waals surface area contributed by atoms with Gasteiger partial charge in [-0.15, -0.1) is 0 Å².